The van der Waals surface area contributed by atoms with Gasteiger partial charge in [0, 0.05) is 11.1 Å². The van der Waals surface area contributed by atoms with Crippen molar-refractivity contribution >= 4 is 34.8 Å². The zero-order valence-electron chi connectivity index (χ0n) is 15.5. The largest absolute Gasteiger partial charge is 0.282 e. The predicted octanol–water partition coefficient (Wildman–Crippen LogP) is 5.49. The number of rotatable bonds is 6. The van der Waals surface area contributed by atoms with Gasteiger partial charge in [0.1, 0.15) is 0 Å². The molecule has 0 aliphatic rings. The monoisotopic (exact) mass is 401 g/mol. The molecular weight excluding hydrogens is 382 g/mol. The smallest absolute Gasteiger partial charge is 0.216 e. The molecule has 0 unspecified atom stereocenters. The second-order valence-electron chi connectivity index (χ2n) is 6.61. The standard InChI is InChI=1S/C24H19NOS2/c1-16-7-12-20(24(26)28)21(15-18-5-3-2-4-6-18)22(16)23(27)19-10-8-17(9-11-19)13-14-25/h2-12H,13,15H2,1H3,(H,26,28). The van der Waals surface area contributed by atoms with Crippen LogP contribution in [0.25, 0.3) is 0 Å². The fourth-order valence-electron chi connectivity index (χ4n) is 3.27. The maximum Gasteiger partial charge on any atom is 0.216 e. The van der Waals surface area contributed by atoms with Gasteiger partial charge in [-0.25, -0.2) is 0 Å². The molecule has 28 heavy (non-hydrogen) atoms. The molecule has 0 saturated carbocycles. The first kappa shape index (κ1) is 20.0. The maximum atomic E-state index is 12.2. The summed E-state index contributed by atoms with van der Waals surface area (Å²) in [4.78, 5) is 12.9. The Hall–Kier alpha value is -2.74. The number of hydrogen-bond donors (Lipinski definition) is 1. The molecule has 0 saturated heterocycles. The molecule has 4 heteroatoms. The quantitative estimate of drug-likeness (QED) is 0.337. The van der Waals surface area contributed by atoms with E-state index in [1.807, 2.05) is 73.7 Å². The summed E-state index contributed by atoms with van der Waals surface area (Å²) < 4.78 is 0. The van der Waals surface area contributed by atoms with Crippen LogP contribution in [0.2, 0.25) is 0 Å². The summed E-state index contributed by atoms with van der Waals surface area (Å²) in [6.45, 7) is 2.01. The Labute approximate surface area is 176 Å². The third-order valence-corrected chi connectivity index (χ3v) is 5.38. The molecule has 0 bridgehead atoms. The van der Waals surface area contributed by atoms with E-state index >= 15 is 0 Å². The van der Waals surface area contributed by atoms with Crippen LogP contribution in [0, 0.1) is 18.3 Å². The van der Waals surface area contributed by atoms with Crippen molar-refractivity contribution in [1.82, 2.24) is 0 Å². The van der Waals surface area contributed by atoms with E-state index in [9.17, 15) is 4.79 Å². The fraction of sp³-hybridized carbons (Fsp3) is 0.125. The van der Waals surface area contributed by atoms with Crippen molar-refractivity contribution in [2.45, 2.75) is 19.8 Å². The van der Waals surface area contributed by atoms with Gasteiger partial charge in [0.15, 0.2) is 0 Å². The predicted molar refractivity (Wildman–Crippen MR) is 120 cm³/mol. The van der Waals surface area contributed by atoms with Crippen molar-refractivity contribution in [2.75, 3.05) is 0 Å². The number of thiol groups is 1. The summed E-state index contributed by atoms with van der Waals surface area (Å²) in [5.74, 6) is 0. The number of thiocarbonyl (C=S) groups is 1. The minimum absolute atomic E-state index is 0.264. The topological polar surface area (TPSA) is 40.9 Å². The molecule has 0 radical (unpaired) electrons. The number of carbonyl (C=O) groups excluding carboxylic acids is 1. The van der Waals surface area contributed by atoms with E-state index in [0.29, 0.717) is 23.3 Å². The third kappa shape index (κ3) is 4.39. The van der Waals surface area contributed by atoms with Crippen LogP contribution in [0.3, 0.4) is 0 Å². The highest BCUT2D eigenvalue weighted by molar-refractivity contribution is 7.97. The lowest BCUT2D eigenvalue weighted by Crippen LogP contribution is -2.12. The van der Waals surface area contributed by atoms with E-state index < -0.39 is 0 Å². The molecule has 0 amide bonds. The van der Waals surface area contributed by atoms with E-state index in [-0.39, 0.29) is 5.12 Å². The summed E-state index contributed by atoms with van der Waals surface area (Å²) in [7, 11) is 0. The van der Waals surface area contributed by atoms with Gasteiger partial charge in [-0.2, -0.15) is 5.26 Å². The minimum Gasteiger partial charge on any atom is -0.282 e. The van der Waals surface area contributed by atoms with E-state index in [4.69, 9.17) is 17.5 Å². The van der Waals surface area contributed by atoms with Gasteiger partial charge in [-0.15, -0.1) is 12.6 Å². The normalized spacial score (nSPS) is 10.3. The van der Waals surface area contributed by atoms with Gasteiger partial charge in [-0.3, -0.25) is 4.79 Å². The van der Waals surface area contributed by atoms with E-state index in [0.717, 1.165) is 33.4 Å². The molecular formula is C24H19NOS2. The van der Waals surface area contributed by atoms with Crippen molar-refractivity contribution in [3.05, 3.63) is 106 Å². The van der Waals surface area contributed by atoms with Gasteiger partial charge >= 0.3 is 0 Å². The van der Waals surface area contributed by atoms with Crippen LogP contribution in [0.1, 0.15) is 43.7 Å². The van der Waals surface area contributed by atoms with Gasteiger partial charge in [-0.05, 0) is 47.2 Å². The summed E-state index contributed by atoms with van der Waals surface area (Å²) in [6.07, 6.45) is 0.973. The van der Waals surface area contributed by atoms with E-state index in [2.05, 4.69) is 18.7 Å². The van der Waals surface area contributed by atoms with Crippen LogP contribution in [0.5, 0.6) is 0 Å². The maximum absolute atomic E-state index is 12.2. The fourth-order valence-corrected chi connectivity index (χ4v) is 3.90. The minimum atomic E-state index is -0.264. The Morgan fingerprint density at radius 1 is 1.00 bits per heavy atom. The SMILES string of the molecule is Cc1ccc(C(=O)S)c(Cc2ccccc2)c1C(=S)c1ccc(CC#N)cc1. The first-order valence-corrected chi connectivity index (χ1v) is 9.77. The lowest BCUT2D eigenvalue weighted by atomic mass is 9.88. The highest BCUT2D eigenvalue weighted by Gasteiger charge is 2.19. The van der Waals surface area contributed by atoms with Crippen LogP contribution in [-0.4, -0.2) is 9.98 Å². The van der Waals surface area contributed by atoms with Crippen molar-refractivity contribution in [3.63, 3.8) is 0 Å². The average Bonchev–Trinajstić information content (AvgIpc) is 2.69. The number of nitriles is 1. The molecule has 0 heterocycles. The number of aryl methyl sites for hydroxylation is 1. The van der Waals surface area contributed by atoms with E-state index in [1.165, 1.54) is 0 Å². The molecule has 0 atom stereocenters. The summed E-state index contributed by atoms with van der Waals surface area (Å²) in [5.41, 5.74) is 6.38. The molecule has 0 N–H and O–H groups in total. The molecule has 3 aromatic rings. The van der Waals surface area contributed by atoms with Gasteiger partial charge in [-0.1, -0.05) is 72.9 Å². The molecule has 0 aliphatic heterocycles. The highest BCUT2D eigenvalue weighted by atomic mass is 32.1. The second-order valence-corrected chi connectivity index (χ2v) is 7.43. The number of nitrogens with zero attached hydrogens (tertiary/aromatic N) is 1. The Balaban J connectivity index is 2.10. The number of benzene rings is 3. The summed E-state index contributed by atoms with van der Waals surface area (Å²) in [5, 5.41) is 8.59. The van der Waals surface area contributed by atoms with Crippen molar-refractivity contribution in [1.29, 1.82) is 5.26 Å². The second kappa shape index (κ2) is 8.97. The first-order chi connectivity index (χ1) is 13.5. The number of carbonyl (C=O) groups is 1. The lowest BCUT2D eigenvalue weighted by Gasteiger charge is -2.17. The molecule has 0 fully saturated rings. The molecule has 0 aliphatic carbocycles. The third-order valence-electron chi connectivity index (χ3n) is 4.70. The Bertz CT molecular complexity index is 1060. The van der Waals surface area contributed by atoms with E-state index in [1.54, 1.807) is 0 Å². The molecule has 0 aromatic heterocycles. The van der Waals surface area contributed by atoms with Crippen LogP contribution < -0.4 is 0 Å². The van der Waals surface area contributed by atoms with Crippen molar-refractivity contribution in [2.24, 2.45) is 0 Å². The summed E-state index contributed by atoms with van der Waals surface area (Å²) >= 11 is 9.92. The van der Waals surface area contributed by atoms with Crippen LogP contribution in [0.4, 0.5) is 0 Å². The van der Waals surface area contributed by atoms with Gasteiger partial charge in [0.05, 0.1) is 17.4 Å². The van der Waals surface area contributed by atoms with Gasteiger partial charge < -0.3 is 0 Å². The Kier molecular flexibility index (Phi) is 6.41. The van der Waals surface area contributed by atoms with Gasteiger partial charge in [0.25, 0.3) is 0 Å². The molecule has 3 rings (SSSR count). The Morgan fingerprint density at radius 3 is 2.29 bits per heavy atom. The molecule has 0 spiro atoms. The zero-order valence-corrected chi connectivity index (χ0v) is 17.2. The van der Waals surface area contributed by atoms with Crippen molar-refractivity contribution in [3.8, 4) is 6.07 Å². The van der Waals surface area contributed by atoms with Crippen LogP contribution >= 0.6 is 24.8 Å². The van der Waals surface area contributed by atoms with Crippen molar-refractivity contribution < 1.29 is 4.79 Å². The van der Waals surface area contributed by atoms with Crippen LogP contribution in [-0.2, 0) is 12.8 Å². The number of hydrogen-bond acceptors (Lipinski definition) is 3. The molecule has 3 aromatic carbocycles. The van der Waals surface area contributed by atoms with Crippen LogP contribution in [0.15, 0.2) is 66.7 Å². The van der Waals surface area contributed by atoms with Gasteiger partial charge in [0.2, 0.25) is 5.12 Å². The zero-order chi connectivity index (χ0) is 20.1. The first-order valence-electron chi connectivity index (χ1n) is 8.91. The average molecular weight is 402 g/mol. The molecule has 2 nitrogen and oxygen atoms in total. The highest BCUT2D eigenvalue weighted by Crippen LogP contribution is 2.27. The lowest BCUT2D eigenvalue weighted by molar-refractivity contribution is 0.109. The summed E-state index contributed by atoms with van der Waals surface area (Å²) in [6, 6.07) is 23.6. The molecule has 138 valence electrons. The Morgan fingerprint density at radius 2 is 1.68 bits per heavy atom.